The van der Waals surface area contributed by atoms with Gasteiger partial charge in [0.1, 0.15) is 0 Å². The number of aromatic nitrogens is 1. The van der Waals surface area contributed by atoms with Crippen molar-refractivity contribution in [1.82, 2.24) is 10.3 Å². The van der Waals surface area contributed by atoms with Crippen molar-refractivity contribution in [2.24, 2.45) is 0 Å². The maximum atomic E-state index is 5.74. The van der Waals surface area contributed by atoms with E-state index in [0.29, 0.717) is 11.2 Å². The van der Waals surface area contributed by atoms with Crippen molar-refractivity contribution in [2.45, 2.75) is 25.3 Å². The highest BCUT2D eigenvalue weighted by molar-refractivity contribution is 7.15. The number of nitrogens with two attached hydrogens (primary N) is 1. The summed E-state index contributed by atoms with van der Waals surface area (Å²) in [6.07, 6.45) is 5.75. The molecule has 4 heteroatoms. The number of nitrogen functional groups attached to an aromatic ring is 1. The molecule has 74 valence electrons. The van der Waals surface area contributed by atoms with E-state index in [1.807, 2.05) is 0 Å². The second kappa shape index (κ2) is 3.07. The molecule has 1 atom stereocenters. The van der Waals surface area contributed by atoms with Crippen molar-refractivity contribution >= 4 is 22.0 Å². The van der Waals surface area contributed by atoms with Crippen molar-refractivity contribution in [3.8, 4) is 0 Å². The van der Waals surface area contributed by atoms with Gasteiger partial charge in [-0.1, -0.05) is 6.08 Å². The van der Waals surface area contributed by atoms with E-state index in [-0.39, 0.29) is 0 Å². The van der Waals surface area contributed by atoms with Crippen LogP contribution < -0.4 is 11.1 Å². The Bertz CT molecular complexity index is 394. The van der Waals surface area contributed by atoms with Crippen LogP contribution in [0.1, 0.15) is 23.4 Å². The van der Waals surface area contributed by atoms with Crippen LogP contribution in [0.2, 0.25) is 0 Å². The molecule has 2 heterocycles. The van der Waals surface area contributed by atoms with Crippen LogP contribution in [0.3, 0.4) is 0 Å². The van der Waals surface area contributed by atoms with E-state index in [2.05, 4.69) is 16.4 Å². The molecule has 0 fully saturated rings. The highest BCUT2D eigenvalue weighted by Crippen LogP contribution is 2.36. The van der Waals surface area contributed by atoms with Crippen LogP contribution in [0.25, 0.3) is 5.57 Å². The minimum Gasteiger partial charge on any atom is -0.375 e. The molecule has 0 saturated heterocycles. The average molecular weight is 207 g/mol. The first-order valence-electron chi connectivity index (χ1n) is 5.03. The predicted molar refractivity (Wildman–Crippen MR) is 59.2 cm³/mol. The van der Waals surface area contributed by atoms with Gasteiger partial charge in [0.05, 0.1) is 5.69 Å². The molecule has 3 nitrogen and oxygen atoms in total. The summed E-state index contributed by atoms with van der Waals surface area (Å²) >= 11 is 1.64. The van der Waals surface area contributed by atoms with Gasteiger partial charge in [0.25, 0.3) is 0 Å². The normalized spacial score (nSPS) is 25.1. The molecule has 1 aromatic rings. The number of hydrogen-bond donors (Lipinski definition) is 2. The Morgan fingerprint density at radius 3 is 3.43 bits per heavy atom. The third-order valence-electron chi connectivity index (χ3n) is 2.92. The van der Waals surface area contributed by atoms with E-state index < -0.39 is 0 Å². The van der Waals surface area contributed by atoms with Gasteiger partial charge < -0.3 is 11.1 Å². The maximum Gasteiger partial charge on any atom is 0.180 e. The molecule has 2 aliphatic rings. The molecule has 1 aliphatic carbocycles. The maximum absolute atomic E-state index is 5.74. The van der Waals surface area contributed by atoms with Gasteiger partial charge in [-0.15, -0.1) is 11.3 Å². The van der Waals surface area contributed by atoms with Gasteiger partial charge in [0.15, 0.2) is 5.13 Å². The summed E-state index contributed by atoms with van der Waals surface area (Å²) in [7, 11) is 0. The van der Waals surface area contributed by atoms with E-state index in [1.54, 1.807) is 11.3 Å². The molecule has 0 saturated carbocycles. The van der Waals surface area contributed by atoms with Crippen molar-refractivity contribution in [3.63, 3.8) is 0 Å². The fourth-order valence-corrected chi connectivity index (χ4v) is 3.17. The second-order valence-corrected chi connectivity index (χ2v) is 4.93. The molecule has 3 rings (SSSR count). The quantitative estimate of drug-likeness (QED) is 0.676. The Kier molecular flexibility index (Phi) is 1.85. The van der Waals surface area contributed by atoms with Gasteiger partial charge in [-0.25, -0.2) is 4.98 Å². The Morgan fingerprint density at radius 1 is 1.57 bits per heavy atom. The van der Waals surface area contributed by atoms with Crippen molar-refractivity contribution in [3.05, 3.63) is 16.6 Å². The fraction of sp³-hybridized carbons (Fsp3) is 0.500. The van der Waals surface area contributed by atoms with Crippen LogP contribution in [0.4, 0.5) is 5.13 Å². The summed E-state index contributed by atoms with van der Waals surface area (Å²) in [6.45, 7) is 1.10. The zero-order valence-electron chi connectivity index (χ0n) is 7.92. The Balaban J connectivity index is 2.10. The molecule has 0 bridgehead atoms. The Morgan fingerprint density at radius 2 is 2.50 bits per heavy atom. The number of aryl methyl sites for hydroxylation is 1. The van der Waals surface area contributed by atoms with E-state index >= 15 is 0 Å². The first-order valence-corrected chi connectivity index (χ1v) is 5.85. The first-order chi connectivity index (χ1) is 6.84. The Labute approximate surface area is 87.0 Å². The molecule has 0 radical (unpaired) electrons. The second-order valence-electron chi connectivity index (χ2n) is 3.82. The molecule has 0 amide bonds. The fourth-order valence-electron chi connectivity index (χ4n) is 2.30. The van der Waals surface area contributed by atoms with E-state index in [0.717, 1.165) is 25.1 Å². The molecule has 0 aromatic carbocycles. The van der Waals surface area contributed by atoms with Gasteiger partial charge in [0, 0.05) is 10.9 Å². The van der Waals surface area contributed by atoms with Gasteiger partial charge >= 0.3 is 0 Å². The number of fused-ring (bicyclic) bond motifs is 3. The molecule has 1 unspecified atom stereocenters. The Hall–Kier alpha value is -0.870. The number of thiazole rings is 1. The number of nitrogens with one attached hydrogen (secondary N) is 1. The highest BCUT2D eigenvalue weighted by atomic mass is 32.1. The molecule has 1 aromatic heterocycles. The third kappa shape index (κ3) is 1.18. The predicted octanol–water partition coefficient (Wildman–Crippen LogP) is 1.42. The lowest BCUT2D eigenvalue weighted by Gasteiger charge is -2.28. The van der Waals surface area contributed by atoms with Crippen molar-refractivity contribution in [2.75, 3.05) is 12.3 Å². The number of nitrogens with zero attached hydrogens (tertiary/aromatic N) is 1. The van der Waals surface area contributed by atoms with E-state index in [4.69, 9.17) is 5.73 Å². The summed E-state index contributed by atoms with van der Waals surface area (Å²) < 4.78 is 0. The average Bonchev–Trinajstić information content (AvgIpc) is 2.59. The summed E-state index contributed by atoms with van der Waals surface area (Å²) in [5.74, 6) is 0. The summed E-state index contributed by atoms with van der Waals surface area (Å²) in [5, 5.41) is 4.24. The zero-order valence-corrected chi connectivity index (χ0v) is 8.73. The minimum atomic E-state index is 0.526. The number of hydrogen-bond acceptors (Lipinski definition) is 4. The van der Waals surface area contributed by atoms with Crippen LogP contribution in [-0.4, -0.2) is 17.6 Å². The molecule has 3 N–H and O–H groups in total. The zero-order chi connectivity index (χ0) is 9.54. The van der Waals surface area contributed by atoms with Crippen LogP contribution in [0.5, 0.6) is 0 Å². The van der Waals surface area contributed by atoms with Gasteiger partial charge in [-0.2, -0.15) is 0 Å². The third-order valence-corrected chi connectivity index (χ3v) is 3.87. The molecular formula is C10H13N3S. The summed E-state index contributed by atoms with van der Waals surface area (Å²) in [6, 6.07) is 0.526. The van der Waals surface area contributed by atoms with Crippen LogP contribution in [-0.2, 0) is 6.42 Å². The summed E-state index contributed by atoms with van der Waals surface area (Å²) in [4.78, 5) is 5.79. The van der Waals surface area contributed by atoms with Crippen LogP contribution >= 0.6 is 11.3 Å². The van der Waals surface area contributed by atoms with Crippen LogP contribution in [0, 0.1) is 0 Å². The topological polar surface area (TPSA) is 50.9 Å². The van der Waals surface area contributed by atoms with Crippen LogP contribution in [0.15, 0.2) is 6.08 Å². The molecular weight excluding hydrogens is 194 g/mol. The lowest BCUT2D eigenvalue weighted by atomic mass is 9.89. The van der Waals surface area contributed by atoms with E-state index in [1.165, 1.54) is 16.9 Å². The van der Waals surface area contributed by atoms with Gasteiger partial charge in [-0.05, 0) is 31.4 Å². The van der Waals surface area contributed by atoms with E-state index in [9.17, 15) is 0 Å². The smallest absolute Gasteiger partial charge is 0.180 e. The largest absolute Gasteiger partial charge is 0.375 e. The summed E-state index contributed by atoms with van der Waals surface area (Å²) in [5.41, 5.74) is 8.28. The first kappa shape index (κ1) is 8.44. The minimum absolute atomic E-state index is 0.526. The highest BCUT2D eigenvalue weighted by Gasteiger charge is 2.27. The SMILES string of the molecule is Nc1nc2c(s1)CCC1NCCC=C21. The lowest BCUT2D eigenvalue weighted by Crippen LogP contribution is -2.36. The standard InChI is InChI=1S/C10H13N3S/c11-10-13-9-6-2-1-5-12-7(6)3-4-8(9)14-10/h2,7,12H,1,3-5H2,(H2,11,13). The van der Waals surface area contributed by atoms with Gasteiger partial charge in [0.2, 0.25) is 0 Å². The van der Waals surface area contributed by atoms with Crippen molar-refractivity contribution < 1.29 is 0 Å². The molecule has 14 heavy (non-hydrogen) atoms. The lowest BCUT2D eigenvalue weighted by molar-refractivity contribution is 0.545. The van der Waals surface area contributed by atoms with Crippen molar-refractivity contribution in [1.29, 1.82) is 0 Å². The molecule has 0 spiro atoms. The number of rotatable bonds is 0. The molecule has 1 aliphatic heterocycles. The monoisotopic (exact) mass is 207 g/mol. The van der Waals surface area contributed by atoms with Gasteiger partial charge in [-0.3, -0.25) is 0 Å². The number of anilines is 1.